The number of hydrogen-bond donors (Lipinski definition) is 1. The third kappa shape index (κ3) is 5.72. The van der Waals surface area contributed by atoms with Crippen LogP contribution in [0.2, 0.25) is 0 Å². The van der Waals surface area contributed by atoms with Gasteiger partial charge in [-0.3, -0.25) is 0 Å². The van der Waals surface area contributed by atoms with Gasteiger partial charge in [0.1, 0.15) is 23.7 Å². The lowest BCUT2D eigenvalue weighted by molar-refractivity contribution is 0.306. The molecule has 4 heterocycles. The number of piperazine rings is 1. The minimum Gasteiger partial charge on any atom is -0.493 e. The third-order valence-corrected chi connectivity index (χ3v) is 8.38. The standard InChI is InChI=1S/C30H40N6O/c1-5-23(21(2)22(3)26-8-6-7-24-11-16-37-30(24)26)18-31-28-17-27(33-20-34-28)25-9-10-29(32-19-25)36-14-12-35(4)13-15-36/h6-10,17,19-23H,5,11-16,18H2,1-4H3,(H,31,33,34)/t21-,22?,23?/m0/s1. The van der Waals surface area contributed by atoms with Crippen molar-refractivity contribution in [3.05, 3.63) is 60.0 Å². The first-order chi connectivity index (χ1) is 18.0. The maximum absolute atomic E-state index is 6.00. The maximum Gasteiger partial charge on any atom is 0.129 e. The number of rotatable bonds is 9. The van der Waals surface area contributed by atoms with Crippen LogP contribution in [0.1, 0.15) is 44.2 Å². The number of ether oxygens (including phenoxy) is 1. The van der Waals surface area contributed by atoms with Crippen LogP contribution in [0.4, 0.5) is 11.6 Å². The summed E-state index contributed by atoms with van der Waals surface area (Å²) in [7, 11) is 2.17. The van der Waals surface area contributed by atoms with Crippen LogP contribution in [0, 0.1) is 11.8 Å². The largest absolute Gasteiger partial charge is 0.493 e. The monoisotopic (exact) mass is 500 g/mol. The summed E-state index contributed by atoms with van der Waals surface area (Å²) in [6.45, 7) is 12.8. The van der Waals surface area contributed by atoms with Crippen LogP contribution in [0.5, 0.6) is 5.75 Å². The van der Waals surface area contributed by atoms with E-state index in [-0.39, 0.29) is 0 Å². The van der Waals surface area contributed by atoms with Gasteiger partial charge in [0.15, 0.2) is 0 Å². The average Bonchev–Trinajstić information content (AvgIpc) is 3.43. The Kier molecular flexibility index (Phi) is 7.89. The van der Waals surface area contributed by atoms with Gasteiger partial charge in [-0.15, -0.1) is 0 Å². The van der Waals surface area contributed by atoms with Gasteiger partial charge < -0.3 is 19.9 Å². The van der Waals surface area contributed by atoms with Crippen LogP contribution in [-0.2, 0) is 6.42 Å². The molecule has 0 saturated carbocycles. The number of aromatic nitrogens is 3. The van der Waals surface area contributed by atoms with Crippen molar-refractivity contribution in [3.8, 4) is 17.0 Å². The van der Waals surface area contributed by atoms with Gasteiger partial charge in [0.2, 0.25) is 0 Å². The first-order valence-corrected chi connectivity index (χ1v) is 13.7. The highest BCUT2D eigenvalue weighted by Gasteiger charge is 2.27. The Morgan fingerprint density at radius 3 is 2.62 bits per heavy atom. The second-order valence-electron chi connectivity index (χ2n) is 10.6. The summed E-state index contributed by atoms with van der Waals surface area (Å²) in [4.78, 5) is 18.5. The van der Waals surface area contributed by atoms with Crippen molar-refractivity contribution in [2.75, 3.05) is 56.6 Å². The van der Waals surface area contributed by atoms with E-state index >= 15 is 0 Å². The molecule has 0 aliphatic carbocycles. The Labute approximate surface area is 221 Å². The van der Waals surface area contributed by atoms with E-state index in [1.54, 1.807) is 6.33 Å². The van der Waals surface area contributed by atoms with Crippen molar-refractivity contribution in [3.63, 3.8) is 0 Å². The number of para-hydroxylation sites is 1. The van der Waals surface area contributed by atoms with Crippen molar-refractivity contribution in [2.24, 2.45) is 11.8 Å². The quantitative estimate of drug-likeness (QED) is 0.438. The van der Waals surface area contributed by atoms with Gasteiger partial charge in [-0.25, -0.2) is 15.0 Å². The molecule has 2 unspecified atom stereocenters. The lowest BCUT2D eigenvalue weighted by atomic mass is 9.78. The molecule has 3 aromatic rings. The summed E-state index contributed by atoms with van der Waals surface area (Å²) in [5, 5.41) is 3.60. The SMILES string of the molecule is CCC(CNc1cc(-c2ccc(N3CCN(C)CC3)nc2)ncn1)[C@@H](C)C(C)c1cccc2c1OCC2. The second-order valence-corrected chi connectivity index (χ2v) is 10.6. The Hall–Kier alpha value is -3.19. The minimum absolute atomic E-state index is 0.422. The molecular formula is C30H40N6O. The van der Waals surface area contributed by atoms with Crippen LogP contribution < -0.4 is 15.0 Å². The van der Waals surface area contributed by atoms with E-state index in [2.05, 4.69) is 83.2 Å². The Balaban J connectivity index is 1.22. The number of hydrogen-bond acceptors (Lipinski definition) is 7. The molecule has 0 bridgehead atoms. The normalized spacial score (nSPS) is 18.1. The highest BCUT2D eigenvalue weighted by molar-refractivity contribution is 5.62. The van der Waals surface area contributed by atoms with Crippen LogP contribution >= 0.6 is 0 Å². The molecule has 1 saturated heterocycles. The van der Waals surface area contributed by atoms with E-state index in [0.29, 0.717) is 17.8 Å². The predicted octanol–water partition coefficient (Wildman–Crippen LogP) is 5.10. The maximum atomic E-state index is 6.00. The summed E-state index contributed by atoms with van der Waals surface area (Å²) >= 11 is 0. The molecule has 2 aliphatic rings. The summed E-state index contributed by atoms with van der Waals surface area (Å²) in [5.41, 5.74) is 4.59. The molecule has 37 heavy (non-hydrogen) atoms. The zero-order chi connectivity index (χ0) is 25.8. The van der Waals surface area contributed by atoms with E-state index in [1.165, 1.54) is 11.1 Å². The number of anilines is 2. The van der Waals surface area contributed by atoms with E-state index in [4.69, 9.17) is 9.72 Å². The topological polar surface area (TPSA) is 66.4 Å². The fourth-order valence-corrected chi connectivity index (χ4v) is 5.60. The van der Waals surface area contributed by atoms with Crippen LogP contribution in [-0.4, -0.2) is 66.2 Å². The number of pyridine rings is 1. The number of benzene rings is 1. The molecule has 2 aromatic heterocycles. The van der Waals surface area contributed by atoms with Gasteiger partial charge in [0.05, 0.1) is 12.3 Å². The number of likely N-dealkylation sites (N-methyl/N-ethyl adjacent to an activating group) is 1. The third-order valence-electron chi connectivity index (χ3n) is 8.38. The fraction of sp³-hybridized carbons (Fsp3) is 0.500. The molecule has 0 amide bonds. The molecule has 0 spiro atoms. The van der Waals surface area contributed by atoms with Crippen molar-refractivity contribution < 1.29 is 4.74 Å². The molecule has 7 nitrogen and oxygen atoms in total. The lowest BCUT2D eigenvalue weighted by Gasteiger charge is -2.33. The van der Waals surface area contributed by atoms with E-state index in [0.717, 1.165) is 80.8 Å². The highest BCUT2D eigenvalue weighted by Crippen LogP contribution is 2.40. The molecule has 7 heteroatoms. The average molecular weight is 501 g/mol. The molecule has 1 N–H and O–H groups in total. The Bertz CT molecular complexity index is 1170. The van der Waals surface area contributed by atoms with E-state index in [9.17, 15) is 0 Å². The van der Waals surface area contributed by atoms with Crippen LogP contribution in [0.25, 0.3) is 11.3 Å². The van der Waals surface area contributed by atoms with Gasteiger partial charge >= 0.3 is 0 Å². The molecule has 5 rings (SSSR count). The van der Waals surface area contributed by atoms with Crippen molar-refractivity contribution >= 4 is 11.6 Å². The summed E-state index contributed by atoms with van der Waals surface area (Å²) in [6.07, 6.45) is 5.69. The highest BCUT2D eigenvalue weighted by atomic mass is 16.5. The van der Waals surface area contributed by atoms with Crippen LogP contribution in [0.3, 0.4) is 0 Å². The van der Waals surface area contributed by atoms with Crippen molar-refractivity contribution in [2.45, 2.75) is 39.5 Å². The molecule has 2 aliphatic heterocycles. The lowest BCUT2D eigenvalue weighted by Crippen LogP contribution is -2.44. The van der Waals surface area contributed by atoms with Crippen molar-refractivity contribution in [1.82, 2.24) is 19.9 Å². The van der Waals surface area contributed by atoms with Gasteiger partial charge in [-0.1, -0.05) is 45.4 Å². The second kappa shape index (κ2) is 11.5. The number of nitrogens with one attached hydrogen (secondary N) is 1. The van der Waals surface area contributed by atoms with Crippen molar-refractivity contribution in [1.29, 1.82) is 0 Å². The van der Waals surface area contributed by atoms with Crippen LogP contribution in [0.15, 0.2) is 48.9 Å². The summed E-state index contributed by atoms with van der Waals surface area (Å²) in [6, 6.07) is 12.9. The van der Waals surface area contributed by atoms with Gasteiger partial charge in [0.25, 0.3) is 0 Å². The summed E-state index contributed by atoms with van der Waals surface area (Å²) in [5.74, 6) is 4.45. The fourth-order valence-electron chi connectivity index (χ4n) is 5.60. The van der Waals surface area contributed by atoms with E-state index in [1.807, 2.05) is 12.3 Å². The van der Waals surface area contributed by atoms with Gasteiger partial charge in [-0.2, -0.15) is 0 Å². The smallest absolute Gasteiger partial charge is 0.129 e. The Morgan fingerprint density at radius 2 is 1.86 bits per heavy atom. The zero-order valence-corrected chi connectivity index (χ0v) is 22.7. The minimum atomic E-state index is 0.422. The molecule has 0 radical (unpaired) electrons. The Morgan fingerprint density at radius 1 is 1.03 bits per heavy atom. The summed E-state index contributed by atoms with van der Waals surface area (Å²) < 4.78 is 6.00. The number of nitrogens with zero attached hydrogens (tertiary/aromatic N) is 5. The van der Waals surface area contributed by atoms with Gasteiger partial charge in [-0.05, 0) is 48.1 Å². The molecular weight excluding hydrogens is 460 g/mol. The molecule has 196 valence electrons. The number of fused-ring (bicyclic) bond motifs is 1. The molecule has 1 aromatic carbocycles. The first-order valence-electron chi connectivity index (χ1n) is 13.7. The first kappa shape index (κ1) is 25.5. The molecule has 3 atom stereocenters. The molecule has 1 fully saturated rings. The zero-order valence-electron chi connectivity index (χ0n) is 22.7. The van der Waals surface area contributed by atoms with E-state index < -0.39 is 0 Å². The van der Waals surface area contributed by atoms with Gasteiger partial charge in [0, 0.05) is 57.0 Å². The predicted molar refractivity (Wildman–Crippen MR) is 150 cm³/mol.